The average molecular weight is 226 g/mol. The quantitative estimate of drug-likeness (QED) is 0.779. The van der Waals surface area contributed by atoms with Crippen LogP contribution in [0.3, 0.4) is 0 Å². The van der Waals surface area contributed by atoms with Crippen molar-refractivity contribution in [3.8, 4) is 0 Å². The van der Waals surface area contributed by atoms with Gasteiger partial charge in [0.2, 0.25) is 0 Å². The number of β-amino-alcohol motifs (C(OH)–C–C–N with tert-alkyl or cyclic N) is 1. The Hall–Kier alpha value is -0.120. The van der Waals surface area contributed by atoms with Gasteiger partial charge in [-0.1, -0.05) is 19.8 Å². The first-order valence-corrected chi connectivity index (χ1v) is 6.92. The van der Waals surface area contributed by atoms with Crippen molar-refractivity contribution in [2.24, 2.45) is 5.92 Å². The van der Waals surface area contributed by atoms with E-state index in [9.17, 15) is 5.11 Å². The van der Waals surface area contributed by atoms with Crippen molar-refractivity contribution >= 4 is 0 Å². The molecule has 1 aliphatic carbocycles. The lowest BCUT2D eigenvalue weighted by Gasteiger charge is -2.35. The fourth-order valence-corrected chi connectivity index (χ4v) is 3.04. The molecule has 16 heavy (non-hydrogen) atoms. The molecule has 3 nitrogen and oxygen atoms in total. The number of aliphatic hydroxyl groups excluding tert-OH is 1. The normalized spacial score (nSPS) is 27.4. The van der Waals surface area contributed by atoms with Crippen LogP contribution >= 0.6 is 0 Å². The summed E-state index contributed by atoms with van der Waals surface area (Å²) in [5, 5.41) is 10.2. The molecule has 0 bridgehead atoms. The highest BCUT2D eigenvalue weighted by molar-refractivity contribution is 4.79. The maximum absolute atomic E-state index is 10.2. The molecule has 3 heteroatoms. The fraction of sp³-hybridized carbons (Fsp3) is 1.00. The van der Waals surface area contributed by atoms with Gasteiger partial charge < -0.3 is 10.0 Å². The molecular weight excluding hydrogens is 200 g/mol. The fourth-order valence-electron chi connectivity index (χ4n) is 3.04. The van der Waals surface area contributed by atoms with E-state index in [0.29, 0.717) is 5.92 Å². The second-order valence-electron chi connectivity index (χ2n) is 5.35. The van der Waals surface area contributed by atoms with Gasteiger partial charge in [-0.2, -0.15) is 0 Å². The van der Waals surface area contributed by atoms with Crippen LogP contribution < -0.4 is 0 Å². The van der Waals surface area contributed by atoms with Crippen molar-refractivity contribution in [2.75, 3.05) is 39.3 Å². The number of likely N-dealkylation sites (N-methyl/N-ethyl adjacent to an activating group) is 1. The number of piperazine rings is 1. The van der Waals surface area contributed by atoms with Crippen LogP contribution in [0.15, 0.2) is 0 Å². The lowest BCUT2D eigenvalue weighted by Crippen LogP contribution is -2.49. The standard InChI is InChI=1S/C13H26N2O/c1-2-14-7-9-15(10-8-14)11-13(16)12-5-3-4-6-12/h12-13,16H,2-11H2,1H3. The molecule has 1 saturated heterocycles. The van der Waals surface area contributed by atoms with E-state index in [4.69, 9.17) is 0 Å². The number of aliphatic hydroxyl groups is 1. The van der Waals surface area contributed by atoms with Crippen LogP contribution in [-0.4, -0.2) is 60.3 Å². The molecule has 0 aromatic carbocycles. The maximum atomic E-state index is 10.2. The van der Waals surface area contributed by atoms with Gasteiger partial charge in [-0.3, -0.25) is 4.90 Å². The van der Waals surface area contributed by atoms with Gasteiger partial charge >= 0.3 is 0 Å². The van der Waals surface area contributed by atoms with Crippen LogP contribution in [0.1, 0.15) is 32.6 Å². The van der Waals surface area contributed by atoms with Gasteiger partial charge in [0, 0.05) is 32.7 Å². The van der Waals surface area contributed by atoms with Gasteiger partial charge in [-0.25, -0.2) is 0 Å². The second-order valence-corrected chi connectivity index (χ2v) is 5.35. The Kier molecular flexibility index (Phi) is 4.62. The van der Waals surface area contributed by atoms with E-state index < -0.39 is 0 Å². The summed E-state index contributed by atoms with van der Waals surface area (Å²) in [6.07, 6.45) is 5.07. The second kappa shape index (κ2) is 5.99. The van der Waals surface area contributed by atoms with E-state index in [1.165, 1.54) is 45.3 Å². The van der Waals surface area contributed by atoms with Crippen molar-refractivity contribution in [1.29, 1.82) is 0 Å². The number of hydrogen-bond acceptors (Lipinski definition) is 3. The van der Waals surface area contributed by atoms with E-state index in [0.717, 1.165) is 19.6 Å². The van der Waals surface area contributed by atoms with Crippen LogP contribution in [0.25, 0.3) is 0 Å². The zero-order valence-electron chi connectivity index (χ0n) is 10.6. The van der Waals surface area contributed by atoms with E-state index in [1.807, 2.05) is 0 Å². The summed E-state index contributed by atoms with van der Waals surface area (Å²) < 4.78 is 0. The molecule has 1 unspecified atom stereocenters. The minimum atomic E-state index is -0.0734. The topological polar surface area (TPSA) is 26.7 Å². The molecule has 1 heterocycles. The van der Waals surface area contributed by atoms with Crippen molar-refractivity contribution < 1.29 is 5.11 Å². The first kappa shape index (κ1) is 12.3. The molecular formula is C13H26N2O. The molecule has 1 aliphatic heterocycles. The van der Waals surface area contributed by atoms with E-state index in [1.54, 1.807) is 0 Å². The van der Waals surface area contributed by atoms with Crippen molar-refractivity contribution in [3.05, 3.63) is 0 Å². The van der Waals surface area contributed by atoms with E-state index in [2.05, 4.69) is 16.7 Å². The van der Waals surface area contributed by atoms with Crippen LogP contribution in [0, 0.1) is 5.92 Å². The highest BCUT2D eigenvalue weighted by atomic mass is 16.3. The SMILES string of the molecule is CCN1CCN(CC(O)C2CCCC2)CC1. The molecule has 0 amide bonds. The Morgan fingerprint density at radius 1 is 1.06 bits per heavy atom. The summed E-state index contributed by atoms with van der Waals surface area (Å²) in [5.74, 6) is 0.587. The molecule has 0 radical (unpaired) electrons. The van der Waals surface area contributed by atoms with Gasteiger partial charge in [0.05, 0.1) is 6.10 Å². The smallest absolute Gasteiger partial charge is 0.0695 e. The number of hydrogen-bond donors (Lipinski definition) is 1. The van der Waals surface area contributed by atoms with E-state index >= 15 is 0 Å². The summed E-state index contributed by atoms with van der Waals surface area (Å²) in [5.41, 5.74) is 0. The third-order valence-electron chi connectivity index (χ3n) is 4.30. The first-order chi connectivity index (χ1) is 7.79. The number of nitrogens with zero attached hydrogens (tertiary/aromatic N) is 2. The molecule has 0 aromatic rings. The summed E-state index contributed by atoms with van der Waals surface area (Å²) >= 11 is 0. The number of rotatable bonds is 4. The minimum absolute atomic E-state index is 0.0734. The van der Waals surface area contributed by atoms with Crippen LogP contribution in [0.2, 0.25) is 0 Å². The summed E-state index contributed by atoms with van der Waals surface area (Å²) in [6.45, 7) is 8.92. The molecule has 0 spiro atoms. The minimum Gasteiger partial charge on any atom is -0.392 e. The molecule has 0 aromatic heterocycles. The highest BCUT2D eigenvalue weighted by Crippen LogP contribution is 2.28. The summed E-state index contributed by atoms with van der Waals surface area (Å²) in [6, 6.07) is 0. The predicted octanol–water partition coefficient (Wildman–Crippen LogP) is 1.17. The molecule has 1 N–H and O–H groups in total. The predicted molar refractivity (Wildman–Crippen MR) is 66.5 cm³/mol. The average Bonchev–Trinajstić information content (AvgIpc) is 2.83. The Morgan fingerprint density at radius 2 is 1.62 bits per heavy atom. The van der Waals surface area contributed by atoms with Gasteiger partial charge in [0.15, 0.2) is 0 Å². The molecule has 2 aliphatic rings. The zero-order chi connectivity index (χ0) is 11.4. The van der Waals surface area contributed by atoms with Gasteiger partial charge in [0.1, 0.15) is 0 Å². The highest BCUT2D eigenvalue weighted by Gasteiger charge is 2.26. The van der Waals surface area contributed by atoms with Crippen LogP contribution in [0.5, 0.6) is 0 Å². The lowest BCUT2D eigenvalue weighted by molar-refractivity contribution is 0.0435. The van der Waals surface area contributed by atoms with Crippen molar-refractivity contribution in [1.82, 2.24) is 9.80 Å². The molecule has 2 fully saturated rings. The van der Waals surface area contributed by atoms with Gasteiger partial charge in [-0.15, -0.1) is 0 Å². The molecule has 1 saturated carbocycles. The Labute approximate surface area is 99.4 Å². The third-order valence-corrected chi connectivity index (χ3v) is 4.30. The Morgan fingerprint density at radius 3 is 2.19 bits per heavy atom. The van der Waals surface area contributed by atoms with E-state index in [-0.39, 0.29) is 6.10 Å². The first-order valence-electron chi connectivity index (χ1n) is 6.92. The van der Waals surface area contributed by atoms with Gasteiger partial charge in [-0.05, 0) is 25.3 Å². The molecule has 1 atom stereocenters. The van der Waals surface area contributed by atoms with Crippen LogP contribution in [0.4, 0.5) is 0 Å². The Bertz CT molecular complexity index is 196. The Balaban J connectivity index is 1.69. The third kappa shape index (κ3) is 3.19. The zero-order valence-corrected chi connectivity index (χ0v) is 10.6. The molecule has 2 rings (SSSR count). The van der Waals surface area contributed by atoms with Gasteiger partial charge in [0.25, 0.3) is 0 Å². The van der Waals surface area contributed by atoms with Crippen LogP contribution in [-0.2, 0) is 0 Å². The molecule has 94 valence electrons. The summed E-state index contributed by atoms with van der Waals surface area (Å²) in [4.78, 5) is 4.92. The summed E-state index contributed by atoms with van der Waals surface area (Å²) in [7, 11) is 0. The maximum Gasteiger partial charge on any atom is 0.0695 e. The van der Waals surface area contributed by atoms with Crippen molar-refractivity contribution in [3.63, 3.8) is 0 Å². The largest absolute Gasteiger partial charge is 0.392 e. The van der Waals surface area contributed by atoms with Crippen molar-refractivity contribution in [2.45, 2.75) is 38.7 Å². The monoisotopic (exact) mass is 226 g/mol. The lowest BCUT2D eigenvalue weighted by atomic mass is 10.0.